The van der Waals surface area contributed by atoms with E-state index < -0.39 is 65.7 Å². The van der Waals surface area contributed by atoms with Gasteiger partial charge in [-0.2, -0.15) is 0 Å². The number of alkyl carbamates (subject to hydrolysis) is 1. The van der Waals surface area contributed by atoms with Crippen molar-refractivity contribution in [2.24, 2.45) is 23.7 Å². The van der Waals surface area contributed by atoms with E-state index in [1.165, 1.54) is 19.1 Å². The Morgan fingerprint density at radius 1 is 1.14 bits per heavy atom. The molecule has 1 saturated carbocycles. The SMILES string of the molecule is COc1cc2cc(c1Cl)NC(=O)CC(OC(=O)C(C)N(C)C(=O)C1C(C)C1C)C1(C)OC1C(C)C1CC(O)(NC(=O)O1)C(OC)/C=C/C=C(\C)C2. The number of ether oxygens (including phenoxy) is 5. The number of amides is 3. The maximum atomic E-state index is 13.8. The van der Waals surface area contributed by atoms with E-state index in [0.29, 0.717) is 17.9 Å². The number of likely N-dealkylation sites (N-methyl/N-ethyl adjacent to an activating group) is 1. The number of anilines is 1. The molecule has 3 heterocycles. The highest BCUT2D eigenvalue weighted by molar-refractivity contribution is 6.35. The third kappa shape index (κ3) is 7.91. The fourth-order valence-corrected chi connectivity index (χ4v) is 7.58. The van der Waals surface area contributed by atoms with Crippen molar-refractivity contribution in [2.75, 3.05) is 26.6 Å². The van der Waals surface area contributed by atoms with Gasteiger partial charge in [0.05, 0.1) is 25.3 Å². The molecule has 0 radical (unpaired) electrons. The molecule has 10 atom stereocenters. The lowest BCUT2D eigenvalue weighted by atomic mass is 9.83. The van der Waals surface area contributed by atoms with Crippen molar-refractivity contribution in [1.82, 2.24) is 10.2 Å². The summed E-state index contributed by atoms with van der Waals surface area (Å²) in [6, 6.07) is 2.58. The van der Waals surface area contributed by atoms with Gasteiger partial charge in [0, 0.05) is 32.4 Å². The second-order valence-corrected chi connectivity index (χ2v) is 15.1. The molecule has 2 saturated heterocycles. The molecule has 3 fully saturated rings. The summed E-state index contributed by atoms with van der Waals surface area (Å²) >= 11 is 6.65. The predicted molar refractivity (Wildman–Crippen MR) is 188 cm³/mol. The summed E-state index contributed by atoms with van der Waals surface area (Å²) < 4.78 is 29.1. The number of hydrogen-bond donors (Lipinski definition) is 3. The first-order valence-corrected chi connectivity index (χ1v) is 17.7. The molecular weight excluding hydrogens is 682 g/mol. The minimum Gasteiger partial charge on any atom is -0.495 e. The predicted octanol–water partition coefficient (Wildman–Crippen LogP) is 4.39. The molecular formula is C37H50ClN3O10. The Balaban J connectivity index is 1.49. The number of esters is 1. The van der Waals surface area contributed by atoms with E-state index >= 15 is 0 Å². The second-order valence-electron chi connectivity index (χ2n) is 14.7. The Kier molecular flexibility index (Phi) is 11.2. The zero-order valence-corrected chi connectivity index (χ0v) is 31.4. The molecule has 280 valence electrons. The number of rotatable bonds is 6. The highest BCUT2D eigenvalue weighted by atomic mass is 35.5. The quantitative estimate of drug-likeness (QED) is 0.282. The number of epoxide rings is 1. The Hall–Kier alpha value is -3.65. The van der Waals surface area contributed by atoms with E-state index in [0.717, 1.165) is 11.1 Å². The fourth-order valence-electron chi connectivity index (χ4n) is 7.34. The lowest BCUT2D eigenvalue weighted by Crippen LogP contribution is -2.63. The second kappa shape index (κ2) is 14.8. The summed E-state index contributed by atoms with van der Waals surface area (Å²) in [4.78, 5) is 54.8. The number of carbonyl (C=O) groups excluding carboxylic acids is 4. The minimum absolute atomic E-state index is 0.0432. The number of methoxy groups -OCH3 is 2. The first kappa shape index (κ1) is 38.6. The molecule has 0 spiro atoms. The van der Waals surface area contributed by atoms with Crippen LogP contribution in [-0.4, -0.2) is 96.9 Å². The minimum atomic E-state index is -1.82. The van der Waals surface area contributed by atoms with Gasteiger partial charge in [-0.15, -0.1) is 0 Å². The van der Waals surface area contributed by atoms with Crippen molar-refractivity contribution in [3.63, 3.8) is 0 Å². The summed E-state index contributed by atoms with van der Waals surface area (Å²) in [7, 11) is 4.48. The molecule has 14 heteroatoms. The largest absolute Gasteiger partial charge is 0.495 e. The molecule has 3 aliphatic heterocycles. The van der Waals surface area contributed by atoms with Crippen LogP contribution in [0.25, 0.3) is 0 Å². The van der Waals surface area contributed by atoms with Crippen molar-refractivity contribution >= 4 is 41.2 Å². The maximum absolute atomic E-state index is 13.8. The van der Waals surface area contributed by atoms with Gasteiger partial charge in [0.25, 0.3) is 0 Å². The van der Waals surface area contributed by atoms with Gasteiger partial charge in [-0.3, -0.25) is 14.9 Å². The van der Waals surface area contributed by atoms with Gasteiger partial charge in [0.15, 0.2) is 5.72 Å². The molecule has 4 aliphatic rings. The average molecular weight is 732 g/mol. The summed E-state index contributed by atoms with van der Waals surface area (Å²) in [5.74, 6) is -1.23. The number of allylic oxidation sites excluding steroid dienone is 3. The van der Waals surface area contributed by atoms with Crippen LogP contribution >= 0.6 is 11.6 Å². The van der Waals surface area contributed by atoms with Crippen LogP contribution in [0.2, 0.25) is 5.02 Å². The smallest absolute Gasteiger partial charge is 0.409 e. The van der Waals surface area contributed by atoms with Crippen LogP contribution in [0.5, 0.6) is 5.75 Å². The molecule has 1 aromatic carbocycles. The summed E-state index contributed by atoms with van der Waals surface area (Å²) in [5.41, 5.74) is -0.979. The van der Waals surface area contributed by atoms with Gasteiger partial charge in [0.2, 0.25) is 11.8 Å². The first-order chi connectivity index (χ1) is 23.9. The van der Waals surface area contributed by atoms with Crippen LogP contribution in [0.15, 0.2) is 35.9 Å². The summed E-state index contributed by atoms with van der Waals surface area (Å²) in [5, 5.41) is 17.3. The maximum Gasteiger partial charge on any atom is 0.409 e. The normalized spacial score (nSPS) is 37.2. The highest BCUT2D eigenvalue weighted by Crippen LogP contribution is 2.49. The number of halogens is 1. The van der Waals surface area contributed by atoms with Crippen LogP contribution in [0.4, 0.5) is 10.5 Å². The van der Waals surface area contributed by atoms with Crippen molar-refractivity contribution in [3.8, 4) is 5.75 Å². The zero-order valence-electron chi connectivity index (χ0n) is 30.7. The number of nitrogens with one attached hydrogen (secondary N) is 2. The lowest BCUT2D eigenvalue weighted by Gasteiger charge is -2.42. The monoisotopic (exact) mass is 731 g/mol. The van der Waals surface area contributed by atoms with E-state index in [9.17, 15) is 24.3 Å². The molecule has 51 heavy (non-hydrogen) atoms. The number of aliphatic hydroxyl groups is 1. The molecule has 10 unspecified atom stereocenters. The van der Waals surface area contributed by atoms with E-state index in [2.05, 4.69) is 10.6 Å². The molecule has 13 nitrogen and oxygen atoms in total. The summed E-state index contributed by atoms with van der Waals surface area (Å²) in [6.07, 6.45) is 0.980. The van der Waals surface area contributed by atoms with Crippen molar-refractivity contribution < 1.29 is 48.0 Å². The molecule has 0 aromatic heterocycles. The Bertz CT molecular complexity index is 1610. The zero-order chi connectivity index (χ0) is 37.6. The third-order valence-corrected chi connectivity index (χ3v) is 11.5. The van der Waals surface area contributed by atoms with Crippen LogP contribution in [0.3, 0.4) is 0 Å². The average Bonchev–Trinajstić information content (AvgIpc) is 3.94. The Labute approximate surface area is 304 Å². The Morgan fingerprint density at radius 3 is 2.45 bits per heavy atom. The van der Waals surface area contributed by atoms with E-state index in [-0.39, 0.29) is 41.5 Å². The van der Waals surface area contributed by atoms with Gasteiger partial charge in [0.1, 0.15) is 40.7 Å². The van der Waals surface area contributed by atoms with Gasteiger partial charge in [-0.1, -0.05) is 56.2 Å². The fraction of sp³-hybridized carbons (Fsp3) is 0.622. The molecule has 1 aliphatic carbocycles. The standard InChI is InChI=1S/C37H50ClN3O10/c1-18-11-10-12-27(48-9)37(46)17-26(49-35(45)40-37)21(4)32-36(6,51-32)28(50-34(44)22(5)41(7)33(43)30-19(2)20(30)3)16-29(42)39-24-14-23(13-18)15-25(47-8)31(24)38/h10-12,14-15,19-22,26-28,30,32,46H,13,16-17H2,1-9H3,(H,39,42)(H,40,45)/b12-10+,18-11+. The summed E-state index contributed by atoms with van der Waals surface area (Å²) in [6.45, 7) is 11.0. The Morgan fingerprint density at radius 2 is 1.82 bits per heavy atom. The van der Waals surface area contributed by atoms with Crippen molar-refractivity contribution in [1.29, 1.82) is 0 Å². The first-order valence-electron chi connectivity index (χ1n) is 17.3. The van der Waals surface area contributed by atoms with Crippen LogP contribution in [-0.2, 0) is 39.8 Å². The number of nitrogens with zero attached hydrogens (tertiary/aromatic N) is 1. The number of benzene rings is 1. The van der Waals surface area contributed by atoms with Gasteiger partial charge >= 0.3 is 12.1 Å². The molecule has 4 bridgehead atoms. The third-order valence-electron chi connectivity index (χ3n) is 11.2. The molecule has 3 amide bonds. The molecule has 1 aromatic rings. The number of hydrogen-bond acceptors (Lipinski definition) is 10. The lowest BCUT2D eigenvalue weighted by molar-refractivity contribution is -0.162. The molecule has 5 rings (SSSR count). The van der Waals surface area contributed by atoms with E-state index in [4.69, 9.17) is 35.3 Å². The number of fused-ring (bicyclic) bond motifs is 5. The van der Waals surface area contributed by atoms with Crippen molar-refractivity contribution in [2.45, 2.75) is 103 Å². The van der Waals surface area contributed by atoms with Crippen molar-refractivity contribution in [3.05, 3.63) is 46.5 Å². The topological polar surface area (TPSA) is 165 Å². The van der Waals surface area contributed by atoms with E-state index in [1.807, 2.05) is 26.8 Å². The van der Waals surface area contributed by atoms with Crippen LogP contribution in [0, 0.1) is 23.7 Å². The van der Waals surface area contributed by atoms with Crippen LogP contribution < -0.4 is 15.4 Å². The number of carbonyl (C=O) groups is 4. The molecule has 3 N–H and O–H groups in total. The van der Waals surface area contributed by atoms with Gasteiger partial charge in [-0.25, -0.2) is 9.59 Å². The van der Waals surface area contributed by atoms with Gasteiger partial charge in [-0.05, 0) is 56.7 Å². The van der Waals surface area contributed by atoms with Gasteiger partial charge < -0.3 is 39.0 Å². The van der Waals surface area contributed by atoms with Crippen LogP contribution in [0.1, 0.15) is 59.9 Å². The highest BCUT2D eigenvalue weighted by Gasteiger charge is 2.64. The van der Waals surface area contributed by atoms with E-state index in [1.54, 1.807) is 52.1 Å².